The van der Waals surface area contributed by atoms with Gasteiger partial charge in [-0.05, 0) is 30.3 Å². The van der Waals surface area contributed by atoms with Gasteiger partial charge in [-0.25, -0.2) is 4.39 Å². The van der Waals surface area contributed by atoms with Crippen molar-refractivity contribution in [2.24, 2.45) is 0 Å². The van der Waals surface area contributed by atoms with Crippen LogP contribution in [0.15, 0.2) is 54.6 Å². The van der Waals surface area contributed by atoms with Crippen molar-refractivity contribution < 1.29 is 4.39 Å². The normalized spacial score (nSPS) is 13.3. The molecule has 2 rings (SSSR count). The van der Waals surface area contributed by atoms with Crippen LogP contribution in [0.5, 0.6) is 0 Å². The van der Waals surface area contributed by atoms with Crippen LogP contribution in [0.25, 0.3) is 0 Å². The van der Waals surface area contributed by atoms with Crippen LogP contribution in [0.3, 0.4) is 0 Å². The third kappa shape index (κ3) is 2.85. The summed E-state index contributed by atoms with van der Waals surface area (Å²) < 4.78 is 13.4. The molecule has 0 aromatic heterocycles. The Morgan fingerprint density at radius 2 is 1.68 bits per heavy atom. The van der Waals surface area contributed by atoms with Crippen LogP contribution in [0, 0.1) is 5.82 Å². The van der Waals surface area contributed by atoms with E-state index in [9.17, 15) is 4.39 Å². The molecule has 2 aromatic rings. The molecular formula is C17H20FN. The number of hydrogen-bond acceptors (Lipinski definition) is 1. The van der Waals surface area contributed by atoms with Gasteiger partial charge in [0.1, 0.15) is 5.82 Å². The molecule has 2 aromatic carbocycles. The number of likely N-dealkylation sites (N-methyl/N-ethyl adjacent to an activating group) is 1. The van der Waals surface area contributed by atoms with E-state index < -0.39 is 0 Å². The van der Waals surface area contributed by atoms with Gasteiger partial charge in [0, 0.05) is 11.5 Å². The van der Waals surface area contributed by atoms with Crippen LogP contribution in [-0.4, -0.2) is 7.05 Å². The second-order valence-electron chi connectivity index (χ2n) is 5.36. The number of halogens is 1. The second kappa shape index (κ2) is 5.54. The molecule has 0 saturated heterocycles. The maximum atomic E-state index is 13.4. The minimum Gasteiger partial charge on any atom is -0.312 e. The van der Waals surface area contributed by atoms with Gasteiger partial charge >= 0.3 is 0 Å². The van der Waals surface area contributed by atoms with E-state index in [1.807, 2.05) is 31.3 Å². The lowest BCUT2D eigenvalue weighted by Gasteiger charge is -2.35. The zero-order valence-electron chi connectivity index (χ0n) is 11.7. The first-order chi connectivity index (χ1) is 9.05. The SMILES string of the molecule is CNC(c1cccc(F)c1)C(C)(C)c1ccccc1. The summed E-state index contributed by atoms with van der Waals surface area (Å²) in [6, 6.07) is 17.2. The Labute approximate surface area is 114 Å². The van der Waals surface area contributed by atoms with Crippen molar-refractivity contribution in [3.8, 4) is 0 Å². The zero-order chi connectivity index (χ0) is 13.9. The molecule has 0 aliphatic heterocycles. The molecule has 1 N–H and O–H groups in total. The predicted molar refractivity (Wildman–Crippen MR) is 77.7 cm³/mol. The van der Waals surface area contributed by atoms with Crippen LogP contribution >= 0.6 is 0 Å². The lowest BCUT2D eigenvalue weighted by molar-refractivity contribution is 0.367. The fourth-order valence-electron chi connectivity index (χ4n) is 2.66. The number of nitrogens with one attached hydrogen (secondary N) is 1. The van der Waals surface area contributed by atoms with Crippen molar-refractivity contribution in [2.45, 2.75) is 25.3 Å². The third-order valence-electron chi connectivity index (χ3n) is 3.71. The minimum absolute atomic E-state index is 0.0607. The largest absolute Gasteiger partial charge is 0.312 e. The fourth-order valence-corrected chi connectivity index (χ4v) is 2.66. The average Bonchev–Trinajstić information content (AvgIpc) is 2.40. The summed E-state index contributed by atoms with van der Waals surface area (Å²) in [5, 5.41) is 3.32. The van der Waals surface area contributed by atoms with E-state index in [1.165, 1.54) is 11.6 Å². The fraction of sp³-hybridized carbons (Fsp3) is 0.294. The van der Waals surface area contributed by atoms with Gasteiger partial charge in [0.25, 0.3) is 0 Å². The Hall–Kier alpha value is -1.67. The highest BCUT2D eigenvalue weighted by atomic mass is 19.1. The summed E-state index contributed by atoms with van der Waals surface area (Å²) in [6.45, 7) is 4.35. The van der Waals surface area contributed by atoms with E-state index in [1.54, 1.807) is 12.1 Å². The standard InChI is InChI=1S/C17H20FN/c1-17(2,14-9-5-4-6-10-14)16(19-3)13-8-7-11-15(18)12-13/h4-12,16,19H,1-3H3. The molecule has 0 radical (unpaired) electrons. The number of rotatable bonds is 4. The minimum atomic E-state index is -0.193. The highest BCUT2D eigenvalue weighted by Crippen LogP contribution is 2.36. The highest BCUT2D eigenvalue weighted by molar-refractivity contribution is 5.32. The smallest absolute Gasteiger partial charge is 0.123 e. The Balaban J connectivity index is 2.41. The van der Waals surface area contributed by atoms with Crippen LogP contribution in [-0.2, 0) is 5.41 Å². The highest BCUT2D eigenvalue weighted by Gasteiger charge is 2.31. The Morgan fingerprint density at radius 3 is 2.26 bits per heavy atom. The molecule has 100 valence electrons. The van der Waals surface area contributed by atoms with Crippen LogP contribution in [0.4, 0.5) is 4.39 Å². The van der Waals surface area contributed by atoms with Crippen LogP contribution in [0.2, 0.25) is 0 Å². The maximum absolute atomic E-state index is 13.4. The van der Waals surface area contributed by atoms with Gasteiger partial charge in [0.15, 0.2) is 0 Å². The zero-order valence-corrected chi connectivity index (χ0v) is 11.7. The summed E-state index contributed by atoms with van der Waals surface area (Å²) in [5.74, 6) is -0.193. The van der Waals surface area contributed by atoms with Gasteiger partial charge < -0.3 is 5.32 Å². The van der Waals surface area contributed by atoms with Gasteiger partial charge in [-0.1, -0.05) is 56.3 Å². The topological polar surface area (TPSA) is 12.0 Å². The Bertz CT molecular complexity index is 534. The van der Waals surface area contributed by atoms with Crippen molar-refractivity contribution in [3.05, 3.63) is 71.5 Å². The molecule has 0 fully saturated rings. The van der Waals surface area contributed by atoms with E-state index in [0.29, 0.717) is 0 Å². The number of benzene rings is 2. The molecule has 0 aliphatic carbocycles. The molecule has 1 unspecified atom stereocenters. The predicted octanol–water partition coefficient (Wildman–Crippen LogP) is 4.06. The summed E-state index contributed by atoms with van der Waals surface area (Å²) in [7, 11) is 1.92. The van der Waals surface area contributed by atoms with Gasteiger partial charge in [-0.3, -0.25) is 0 Å². The third-order valence-corrected chi connectivity index (χ3v) is 3.71. The Morgan fingerprint density at radius 1 is 1.00 bits per heavy atom. The van der Waals surface area contributed by atoms with Gasteiger partial charge in [-0.2, -0.15) is 0 Å². The summed E-state index contributed by atoms with van der Waals surface area (Å²) >= 11 is 0. The van der Waals surface area contributed by atoms with Crippen molar-refractivity contribution in [1.82, 2.24) is 5.32 Å². The van der Waals surface area contributed by atoms with E-state index in [2.05, 4.69) is 31.3 Å². The van der Waals surface area contributed by atoms with Crippen molar-refractivity contribution >= 4 is 0 Å². The summed E-state index contributed by atoms with van der Waals surface area (Å²) in [4.78, 5) is 0. The van der Waals surface area contributed by atoms with Gasteiger partial charge in [0.2, 0.25) is 0 Å². The lowest BCUT2D eigenvalue weighted by atomic mass is 9.75. The molecule has 0 aliphatic rings. The first kappa shape index (κ1) is 13.8. The van der Waals surface area contributed by atoms with Crippen molar-refractivity contribution in [1.29, 1.82) is 0 Å². The summed E-state index contributed by atoms with van der Waals surface area (Å²) in [6.07, 6.45) is 0. The van der Waals surface area contributed by atoms with Gasteiger partial charge in [0.05, 0.1) is 0 Å². The molecule has 0 amide bonds. The second-order valence-corrected chi connectivity index (χ2v) is 5.36. The van der Waals surface area contributed by atoms with Crippen LogP contribution < -0.4 is 5.32 Å². The molecule has 0 bridgehead atoms. The average molecular weight is 257 g/mol. The van der Waals surface area contributed by atoms with E-state index >= 15 is 0 Å². The number of hydrogen-bond donors (Lipinski definition) is 1. The first-order valence-corrected chi connectivity index (χ1v) is 6.54. The van der Waals surface area contributed by atoms with E-state index in [0.717, 1.165) is 5.56 Å². The van der Waals surface area contributed by atoms with E-state index in [4.69, 9.17) is 0 Å². The molecule has 19 heavy (non-hydrogen) atoms. The van der Waals surface area contributed by atoms with E-state index in [-0.39, 0.29) is 17.3 Å². The van der Waals surface area contributed by atoms with Crippen molar-refractivity contribution in [3.63, 3.8) is 0 Å². The van der Waals surface area contributed by atoms with Gasteiger partial charge in [-0.15, -0.1) is 0 Å². The molecule has 0 saturated carbocycles. The lowest BCUT2D eigenvalue weighted by Crippen LogP contribution is -2.35. The molecule has 0 spiro atoms. The first-order valence-electron chi connectivity index (χ1n) is 6.54. The maximum Gasteiger partial charge on any atom is 0.123 e. The van der Waals surface area contributed by atoms with Crippen molar-refractivity contribution in [2.75, 3.05) is 7.05 Å². The molecule has 0 heterocycles. The Kier molecular flexibility index (Phi) is 4.01. The molecule has 1 atom stereocenters. The quantitative estimate of drug-likeness (QED) is 0.870. The van der Waals surface area contributed by atoms with Crippen LogP contribution in [0.1, 0.15) is 31.0 Å². The molecule has 2 heteroatoms. The molecule has 1 nitrogen and oxygen atoms in total. The molecular weight excluding hydrogens is 237 g/mol. The summed E-state index contributed by atoms with van der Waals surface area (Å²) in [5.41, 5.74) is 2.08. The monoisotopic (exact) mass is 257 g/mol.